The van der Waals surface area contributed by atoms with Crippen LogP contribution in [-0.4, -0.2) is 11.6 Å². The molecule has 0 aromatic heterocycles. The van der Waals surface area contributed by atoms with Crippen LogP contribution in [0, 0.1) is 0 Å². The molecular weight excluding hydrogens is 164 g/mol. The van der Waals surface area contributed by atoms with Crippen LogP contribution in [-0.2, 0) is 9.53 Å². The van der Waals surface area contributed by atoms with Gasteiger partial charge in [-0.1, -0.05) is 27.2 Å². The van der Waals surface area contributed by atoms with Gasteiger partial charge in [0.25, 0.3) is 0 Å². The second kappa shape index (κ2) is 8.09. The summed E-state index contributed by atoms with van der Waals surface area (Å²) >= 11 is 0. The molecule has 0 unspecified atom stereocenters. The summed E-state index contributed by atoms with van der Waals surface area (Å²) in [7, 11) is 0. The molecule has 0 heterocycles. The van der Waals surface area contributed by atoms with Crippen molar-refractivity contribution in [1.82, 2.24) is 0 Å². The van der Waals surface area contributed by atoms with Gasteiger partial charge < -0.3 is 4.74 Å². The lowest BCUT2D eigenvalue weighted by molar-refractivity contribution is -0.154. The fourth-order valence-corrected chi connectivity index (χ4v) is 0.714. The molecule has 0 radical (unpaired) electrons. The summed E-state index contributed by atoms with van der Waals surface area (Å²) in [5, 5.41) is 0. The third-order valence-electron chi connectivity index (χ3n) is 1.15. The van der Waals surface area contributed by atoms with Crippen LogP contribution in [0.4, 0.5) is 0 Å². The molecule has 0 spiro atoms. The van der Waals surface area contributed by atoms with Crippen LogP contribution in [0.15, 0.2) is 0 Å². The first-order chi connectivity index (χ1) is 5.95. The van der Waals surface area contributed by atoms with E-state index in [2.05, 4.69) is 6.92 Å². The molecule has 0 aliphatic rings. The molecule has 2 heteroatoms. The van der Waals surface area contributed by atoms with Gasteiger partial charge in [-0.2, -0.15) is 0 Å². The van der Waals surface area contributed by atoms with Crippen LogP contribution < -0.4 is 0 Å². The minimum atomic E-state index is -0.329. The molecule has 0 rings (SSSR count). The van der Waals surface area contributed by atoms with Gasteiger partial charge in [0, 0.05) is 6.42 Å². The van der Waals surface area contributed by atoms with Crippen molar-refractivity contribution in [3.8, 4) is 0 Å². The maximum absolute atomic E-state index is 11.0. The standard InChI is InChI=1S/C9H18O2.C2H6/c1-5-6-7-8(10)11-9(2,3)4;1-2/h5-7H2,1-4H3;1-2H3. The third-order valence-corrected chi connectivity index (χ3v) is 1.15. The molecule has 0 aromatic carbocycles. The van der Waals surface area contributed by atoms with E-state index in [4.69, 9.17) is 4.74 Å². The number of hydrogen-bond acceptors (Lipinski definition) is 2. The predicted molar refractivity (Wildman–Crippen MR) is 56.7 cm³/mol. The zero-order valence-electron chi connectivity index (χ0n) is 9.94. The van der Waals surface area contributed by atoms with Crippen molar-refractivity contribution in [2.75, 3.05) is 0 Å². The van der Waals surface area contributed by atoms with Gasteiger partial charge in [0.05, 0.1) is 0 Å². The number of rotatable bonds is 3. The fourth-order valence-electron chi connectivity index (χ4n) is 0.714. The van der Waals surface area contributed by atoms with Crippen molar-refractivity contribution in [2.45, 2.75) is 66.4 Å². The first-order valence-corrected chi connectivity index (χ1v) is 5.17. The van der Waals surface area contributed by atoms with Gasteiger partial charge in [0.1, 0.15) is 5.60 Å². The van der Waals surface area contributed by atoms with Crippen molar-refractivity contribution in [3.63, 3.8) is 0 Å². The highest BCUT2D eigenvalue weighted by atomic mass is 16.6. The summed E-state index contributed by atoms with van der Waals surface area (Å²) in [6.45, 7) is 11.7. The Balaban J connectivity index is 0. The average molecular weight is 188 g/mol. The Hall–Kier alpha value is -0.530. The molecule has 0 aliphatic heterocycles. The zero-order chi connectivity index (χ0) is 10.9. The van der Waals surface area contributed by atoms with E-state index >= 15 is 0 Å². The summed E-state index contributed by atoms with van der Waals surface area (Å²) in [5.74, 6) is -0.0839. The maximum Gasteiger partial charge on any atom is 0.306 e. The Morgan fingerprint density at radius 2 is 1.69 bits per heavy atom. The number of hydrogen-bond donors (Lipinski definition) is 0. The summed E-state index contributed by atoms with van der Waals surface area (Å²) in [6.07, 6.45) is 2.52. The minimum Gasteiger partial charge on any atom is -0.460 e. The lowest BCUT2D eigenvalue weighted by Gasteiger charge is -2.19. The van der Waals surface area contributed by atoms with Gasteiger partial charge >= 0.3 is 5.97 Å². The molecule has 0 atom stereocenters. The summed E-state index contributed by atoms with van der Waals surface area (Å²) < 4.78 is 5.10. The number of esters is 1. The zero-order valence-corrected chi connectivity index (χ0v) is 9.94. The van der Waals surface area contributed by atoms with Crippen LogP contribution in [0.2, 0.25) is 0 Å². The van der Waals surface area contributed by atoms with Crippen molar-refractivity contribution < 1.29 is 9.53 Å². The van der Waals surface area contributed by atoms with Crippen molar-refractivity contribution in [1.29, 1.82) is 0 Å². The quantitative estimate of drug-likeness (QED) is 0.633. The Morgan fingerprint density at radius 3 is 2.00 bits per heavy atom. The SMILES string of the molecule is CC.CCCCC(=O)OC(C)(C)C. The van der Waals surface area contributed by atoms with Crippen molar-refractivity contribution in [3.05, 3.63) is 0 Å². The lowest BCUT2D eigenvalue weighted by Crippen LogP contribution is -2.23. The first kappa shape index (κ1) is 15.0. The Labute approximate surface area is 82.7 Å². The molecule has 0 fully saturated rings. The minimum absolute atomic E-state index is 0.0839. The molecule has 0 amide bonds. The fraction of sp³-hybridized carbons (Fsp3) is 0.909. The number of ether oxygens (including phenoxy) is 1. The summed E-state index contributed by atoms with van der Waals surface area (Å²) in [6, 6.07) is 0. The van der Waals surface area contributed by atoms with E-state index in [0.29, 0.717) is 6.42 Å². The second-order valence-corrected chi connectivity index (χ2v) is 3.69. The van der Waals surface area contributed by atoms with Crippen molar-refractivity contribution in [2.24, 2.45) is 0 Å². The number of carbonyl (C=O) groups is 1. The molecule has 0 aliphatic carbocycles. The van der Waals surface area contributed by atoms with Crippen LogP contribution in [0.5, 0.6) is 0 Å². The van der Waals surface area contributed by atoms with Crippen molar-refractivity contribution >= 4 is 5.97 Å². The molecule has 0 N–H and O–H groups in total. The summed E-state index contributed by atoms with van der Waals surface area (Å²) in [4.78, 5) is 11.0. The topological polar surface area (TPSA) is 26.3 Å². The molecule has 0 saturated carbocycles. The highest BCUT2D eigenvalue weighted by Gasteiger charge is 2.14. The average Bonchev–Trinajstić information content (AvgIpc) is 2.01. The van der Waals surface area contributed by atoms with Crippen LogP contribution in [0.25, 0.3) is 0 Å². The molecular formula is C11H24O2. The highest BCUT2D eigenvalue weighted by molar-refractivity contribution is 5.69. The molecule has 0 saturated heterocycles. The second-order valence-electron chi connectivity index (χ2n) is 3.69. The highest BCUT2D eigenvalue weighted by Crippen LogP contribution is 2.09. The van der Waals surface area contributed by atoms with Gasteiger partial charge in [-0.15, -0.1) is 0 Å². The smallest absolute Gasteiger partial charge is 0.306 e. The van der Waals surface area contributed by atoms with Gasteiger partial charge in [-0.25, -0.2) is 0 Å². The van der Waals surface area contributed by atoms with Crippen LogP contribution in [0.1, 0.15) is 60.8 Å². The van der Waals surface area contributed by atoms with E-state index in [9.17, 15) is 4.79 Å². The van der Waals surface area contributed by atoms with Gasteiger partial charge in [0.15, 0.2) is 0 Å². The van der Waals surface area contributed by atoms with E-state index in [1.54, 1.807) is 0 Å². The van der Waals surface area contributed by atoms with E-state index in [-0.39, 0.29) is 11.6 Å². The molecule has 13 heavy (non-hydrogen) atoms. The first-order valence-electron chi connectivity index (χ1n) is 5.17. The molecule has 0 aromatic rings. The Bertz CT molecular complexity index is 123. The van der Waals surface area contributed by atoms with Gasteiger partial charge in [-0.05, 0) is 27.2 Å². The largest absolute Gasteiger partial charge is 0.460 e. The molecule has 80 valence electrons. The number of unbranched alkanes of at least 4 members (excludes halogenated alkanes) is 1. The van der Waals surface area contributed by atoms with Crippen LogP contribution >= 0.6 is 0 Å². The maximum atomic E-state index is 11.0. The van der Waals surface area contributed by atoms with E-state index in [0.717, 1.165) is 12.8 Å². The third kappa shape index (κ3) is 14.3. The lowest BCUT2D eigenvalue weighted by atomic mass is 10.2. The van der Waals surface area contributed by atoms with Gasteiger partial charge in [0.2, 0.25) is 0 Å². The number of carbonyl (C=O) groups excluding carboxylic acids is 1. The monoisotopic (exact) mass is 188 g/mol. The normalized spacial score (nSPS) is 10.0. The Kier molecular flexibility index (Phi) is 9.31. The molecule has 0 bridgehead atoms. The predicted octanol–water partition coefficient (Wildman–Crippen LogP) is 3.54. The van der Waals surface area contributed by atoms with E-state index in [1.165, 1.54) is 0 Å². The molecule has 2 nitrogen and oxygen atoms in total. The summed E-state index contributed by atoms with van der Waals surface area (Å²) in [5.41, 5.74) is -0.329. The van der Waals surface area contributed by atoms with E-state index < -0.39 is 0 Å². The van der Waals surface area contributed by atoms with Crippen LogP contribution in [0.3, 0.4) is 0 Å². The Morgan fingerprint density at radius 1 is 1.23 bits per heavy atom. The van der Waals surface area contributed by atoms with E-state index in [1.807, 2.05) is 34.6 Å². The van der Waals surface area contributed by atoms with Gasteiger partial charge in [-0.3, -0.25) is 4.79 Å².